The molecule has 0 bridgehead atoms. The molecule has 0 saturated carbocycles. The molecule has 2 aliphatic rings. The number of nitrogens with zero attached hydrogens (tertiary/aromatic N) is 11. The standard InChI is InChI=1S/C29H34N8O3.C14H19IN6O2/c1-5-6-18-11-13-31-22(15-18)34-27(38)20-9-7-19(8-10-20)24-23-25(30)32-17-33-26(23)37(35-24)21-12-14-36(16-21)28(39)40-29(2,3)4;1-14(2,3)23-13(22)20-5-4-8(6-20)21-12-9(10(15)19-21)11(16)17-7-18-12/h7-11,13,15,17,21H,5-6,12,14,16H2,1-4H3,(H2,30,32,33)(H,31,34,38);7-8H,4-6H2,1-3H3,(H2,16,17,18)/t21-;8-/m11/s1. The molecule has 2 fully saturated rings. The van der Waals surface area contributed by atoms with Crippen LogP contribution >= 0.6 is 22.6 Å². The van der Waals surface area contributed by atoms with Crippen molar-refractivity contribution in [3.63, 3.8) is 0 Å². The number of nitrogen functional groups attached to an aromatic ring is 2. The first-order valence-corrected chi connectivity index (χ1v) is 21.9. The molecule has 2 atom stereocenters. The number of amides is 3. The molecule has 2 aliphatic heterocycles. The second-order valence-electron chi connectivity index (χ2n) is 17.5. The van der Waals surface area contributed by atoms with Gasteiger partial charge in [-0.1, -0.05) is 25.5 Å². The molecule has 5 N–H and O–H groups in total. The van der Waals surface area contributed by atoms with Crippen molar-refractivity contribution in [3.8, 4) is 11.3 Å². The Bertz CT molecular complexity index is 2640. The minimum atomic E-state index is -0.568. The lowest BCUT2D eigenvalue weighted by molar-refractivity contribution is 0.0278. The van der Waals surface area contributed by atoms with E-state index in [1.807, 2.05) is 75.2 Å². The number of aryl methyl sites for hydroxylation is 1. The van der Waals surface area contributed by atoms with E-state index in [-0.39, 0.29) is 30.2 Å². The number of carbonyl (C=O) groups is 3. The van der Waals surface area contributed by atoms with E-state index in [4.69, 9.17) is 26.0 Å². The Labute approximate surface area is 378 Å². The molecule has 19 nitrogen and oxygen atoms in total. The van der Waals surface area contributed by atoms with Gasteiger partial charge >= 0.3 is 12.2 Å². The highest BCUT2D eigenvalue weighted by Gasteiger charge is 2.34. The van der Waals surface area contributed by atoms with Crippen molar-refractivity contribution in [1.29, 1.82) is 0 Å². The zero-order valence-electron chi connectivity index (χ0n) is 36.5. The summed E-state index contributed by atoms with van der Waals surface area (Å²) in [5.41, 5.74) is 15.4. The summed E-state index contributed by atoms with van der Waals surface area (Å²) in [6, 6.07) is 10.9. The van der Waals surface area contributed by atoms with Crippen LogP contribution in [0.4, 0.5) is 27.0 Å². The predicted molar refractivity (Wildman–Crippen MR) is 247 cm³/mol. The fraction of sp³-hybridized carbons (Fsp3) is 0.442. The van der Waals surface area contributed by atoms with Gasteiger partial charge in [-0.15, -0.1) is 0 Å². The summed E-state index contributed by atoms with van der Waals surface area (Å²) in [7, 11) is 0. The van der Waals surface area contributed by atoms with Gasteiger partial charge in [-0.25, -0.2) is 43.9 Å². The molecule has 0 radical (unpaired) electrons. The molecule has 1 aromatic carbocycles. The maximum Gasteiger partial charge on any atom is 0.410 e. The van der Waals surface area contributed by atoms with E-state index in [0.29, 0.717) is 78.0 Å². The van der Waals surface area contributed by atoms with Gasteiger partial charge in [-0.05, 0) is 113 Å². The third-order valence-corrected chi connectivity index (χ3v) is 11.1. The first kappa shape index (κ1) is 44.9. The summed E-state index contributed by atoms with van der Waals surface area (Å²) < 4.78 is 15.4. The van der Waals surface area contributed by atoms with Gasteiger partial charge in [0.15, 0.2) is 11.3 Å². The molecule has 8 rings (SSSR count). The second kappa shape index (κ2) is 18.3. The van der Waals surface area contributed by atoms with E-state index in [1.165, 1.54) is 12.7 Å². The van der Waals surface area contributed by atoms with Gasteiger partial charge in [-0.2, -0.15) is 10.2 Å². The van der Waals surface area contributed by atoms with Crippen molar-refractivity contribution in [2.45, 2.75) is 97.4 Å². The van der Waals surface area contributed by atoms with Gasteiger partial charge in [-0.3, -0.25) is 4.79 Å². The Morgan fingerprint density at radius 2 is 1.30 bits per heavy atom. The molecule has 63 heavy (non-hydrogen) atoms. The van der Waals surface area contributed by atoms with E-state index in [1.54, 1.807) is 28.1 Å². The van der Waals surface area contributed by atoms with E-state index < -0.39 is 11.2 Å². The average Bonchev–Trinajstić information content (AvgIpc) is 4.03. The fourth-order valence-corrected chi connectivity index (χ4v) is 8.23. The van der Waals surface area contributed by atoms with Crippen molar-refractivity contribution in [3.05, 3.63) is 70.1 Å². The minimum absolute atomic E-state index is 0.0582. The number of nitrogens with two attached hydrogens (primary N) is 2. The Kier molecular flexibility index (Phi) is 13.0. The molecule has 0 aliphatic carbocycles. The smallest absolute Gasteiger partial charge is 0.410 e. The van der Waals surface area contributed by atoms with Crippen molar-refractivity contribution >= 4 is 80.2 Å². The number of carbonyl (C=O) groups excluding carboxylic acids is 3. The van der Waals surface area contributed by atoms with Crippen molar-refractivity contribution in [2.75, 3.05) is 43.0 Å². The summed E-state index contributed by atoms with van der Waals surface area (Å²) in [4.78, 5) is 62.4. The zero-order valence-corrected chi connectivity index (χ0v) is 38.7. The number of ether oxygens (including phenoxy) is 2. The van der Waals surface area contributed by atoms with Crippen LogP contribution in [0.2, 0.25) is 0 Å². The van der Waals surface area contributed by atoms with Gasteiger partial charge in [0.25, 0.3) is 5.91 Å². The van der Waals surface area contributed by atoms with Crippen molar-refractivity contribution in [1.82, 2.24) is 54.3 Å². The molecular formula is C43H53IN14O5. The van der Waals surface area contributed by atoms with E-state index in [9.17, 15) is 14.4 Å². The van der Waals surface area contributed by atoms with Crippen LogP contribution in [0.3, 0.4) is 0 Å². The molecule has 3 amide bonds. The molecule has 5 aromatic heterocycles. The lowest BCUT2D eigenvalue weighted by atomic mass is 10.1. The van der Waals surface area contributed by atoms with Crippen molar-refractivity contribution in [2.24, 2.45) is 0 Å². The van der Waals surface area contributed by atoms with Crippen LogP contribution < -0.4 is 16.8 Å². The normalized spacial score (nSPS) is 16.6. The lowest BCUT2D eigenvalue weighted by Gasteiger charge is -2.24. The summed E-state index contributed by atoms with van der Waals surface area (Å²) in [5, 5.41) is 13.7. The Morgan fingerprint density at radius 3 is 1.86 bits per heavy atom. The summed E-state index contributed by atoms with van der Waals surface area (Å²) >= 11 is 2.13. The summed E-state index contributed by atoms with van der Waals surface area (Å²) in [6.45, 7) is 15.4. The number of rotatable bonds is 7. The third kappa shape index (κ3) is 10.4. The average molecular weight is 973 g/mol. The quantitative estimate of drug-likeness (QED) is 0.136. The topological polar surface area (TPSA) is 240 Å². The van der Waals surface area contributed by atoms with Crippen LogP contribution in [0, 0.1) is 3.70 Å². The first-order chi connectivity index (χ1) is 29.9. The number of benzene rings is 1. The Morgan fingerprint density at radius 1 is 0.762 bits per heavy atom. The number of halogens is 1. The van der Waals surface area contributed by atoms with Crippen LogP contribution in [-0.2, 0) is 15.9 Å². The van der Waals surface area contributed by atoms with Crippen LogP contribution in [0.5, 0.6) is 0 Å². The predicted octanol–water partition coefficient (Wildman–Crippen LogP) is 7.05. The number of hydrogen-bond acceptors (Lipinski definition) is 14. The maximum atomic E-state index is 12.9. The van der Waals surface area contributed by atoms with Gasteiger partial charge < -0.3 is 36.1 Å². The fourth-order valence-electron chi connectivity index (χ4n) is 7.48. The Hall–Kier alpha value is -6.19. The minimum Gasteiger partial charge on any atom is -0.444 e. The number of fused-ring (bicyclic) bond motifs is 2. The second-order valence-corrected chi connectivity index (χ2v) is 18.5. The first-order valence-electron chi connectivity index (χ1n) is 20.8. The molecule has 6 aromatic rings. The van der Waals surface area contributed by atoms with E-state index in [2.05, 4.69) is 64.8 Å². The number of anilines is 3. The molecule has 0 unspecified atom stereocenters. The van der Waals surface area contributed by atoms with Gasteiger partial charge in [0, 0.05) is 43.5 Å². The molecule has 2 saturated heterocycles. The number of nitrogens with one attached hydrogen (secondary N) is 1. The zero-order chi connectivity index (χ0) is 45.2. The molecule has 0 spiro atoms. The van der Waals surface area contributed by atoms with Crippen molar-refractivity contribution < 1.29 is 23.9 Å². The molecule has 7 heterocycles. The molecule has 332 valence electrons. The van der Waals surface area contributed by atoms with E-state index in [0.717, 1.165) is 39.5 Å². The highest BCUT2D eigenvalue weighted by Crippen LogP contribution is 2.35. The van der Waals surface area contributed by atoms with Crippen LogP contribution in [0.1, 0.15) is 95.7 Å². The van der Waals surface area contributed by atoms with Crippen LogP contribution in [-0.4, -0.2) is 110 Å². The number of pyridine rings is 1. The van der Waals surface area contributed by atoms with Crippen LogP contribution in [0.15, 0.2) is 55.2 Å². The number of hydrogen-bond donors (Lipinski definition) is 3. The summed E-state index contributed by atoms with van der Waals surface area (Å²) in [6.07, 6.45) is 7.36. The third-order valence-electron chi connectivity index (χ3n) is 10.3. The van der Waals surface area contributed by atoms with Gasteiger partial charge in [0.05, 0.1) is 22.9 Å². The van der Waals surface area contributed by atoms with Gasteiger partial charge in [0.1, 0.15) is 50.7 Å². The summed E-state index contributed by atoms with van der Waals surface area (Å²) in [5.74, 6) is 1.01. The monoisotopic (exact) mass is 972 g/mol. The molecular weight excluding hydrogens is 919 g/mol. The Balaban J connectivity index is 0.000000219. The largest absolute Gasteiger partial charge is 0.444 e. The SMILES string of the molecule is CC(C)(C)OC(=O)N1CC[C@@H](n2nc(I)c3c(N)ncnc32)C1.CCCc1ccnc(NC(=O)c2ccc(-c3nn([C@@H]4CCN(C(=O)OC(C)(C)C)C4)c4ncnc(N)c34)cc2)c1. The van der Waals surface area contributed by atoms with Gasteiger partial charge in [0.2, 0.25) is 0 Å². The highest BCUT2D eigenvalue weighted by atomic mass is 127. The van der Waals surface area contributed by atoms with E-state index >= 15 is 0 Å². The highest BCUT2D eigenvalue weighted by molar-refractivity contribution is 14.1. The van der Waals surface area contributed by atoms with Crippen LogP contribution in [0.25, 0.3) is 33.3 Å². The number of likely N-dealkylation sites (tertiary alicyclic amines) is 2. The molecule has 20 heteroatoms. The number of aromatic nitrogens is 9. The lowest BCUT2D eigenvalue weighted by Crippen LogP contribution is -2.35. The maximum absolute atomic E-state index is 12.9.